The highest BCUT2D eigenvalue weighted by Crippen LogP contribution is 2.33. The Hall–Kier alpha value is -2.51. The number of anilines is 2. The van der Waals surface area contributed by atoms with E-state index in [1.807, 2.05) is 0 Å². The molecule has 0 atom stereocenters. The van der Waals surface area contributed by atoms with E-state index in [1.165, 1.54) is 25.3 Å². The number of benzene rings is 2. The van der Waals surface area contributed by atoms with E-state index in [0.29, 0.717) is 16.8 Å². The zero-order valence-electron chi connectivity index (χ0n) is 13.8. The molecule has 136 valence electrons. The van der Waals surface area contributed by atoms with E-state index < -0.39 is 11.8 Å². The van der Waals surface area contributed by atoms with Gasteiger partial charge in [0, 0.05) is 6.07 Å². The number of halogens is 3. The first-order valence-electron chi connectivity index (χ1n) is 7.60. The lowest BCUT2D eigenvalue weighted by Gasteiger charge is -2.07. The van der Waals surface area contributed by atoms with Gasteiger partial charge in [0.1, 0.15) is 11.3 Å². The number of hydrogen-bond acceptors (Lipinski definition) is 5. The number of carbonyl (C=O) groups is 1. The van der Waals surface area contributed by atoms with Crippen LogP contribution in [0.5, 0.6) is 5.75 Å². The summed E-state index contributed by atoms with van der Waals surface area (Å²) in [5.41, 5.74) is 1.29. The van der Waals surface area contributed by atoms with Crippen LogP contribution in [0.2, 0.25) is 10.0 Å². The lowest BCUT2D eigenvalue weighted by atomic mass is 10.2. The Balaban J connectivity index is 2.02. The molecule has 0 spiro atoms. The van der Waals surface area contributed by atoms with Gasteiger partial charge >= 0.3 is 5.97 Å². The first kappa shape index (κ1) is 18.3. The van der Waals surface area contributed by atoms with Crippen molar-refractivity contribution in [3.05, 3.63) is 45.7 Å². The van der Waals surface area contributed by atoms with Gasteiger partial charge in [-0.15, -0.1) is 0 Å². The van der Waals surface area contributed by atoms with Crippen molar-refractivity contribution < 1.29 is 18.7 Å². The second-order valence-corrected chi connectivity index (χ2v) is 6.03. The van der Waals surface area contributed by atoms with E-state index in [2.05, 4.69) is 15.3 Å². The van der Waals surface area contributed by atoms with Crippen molar-refractivity contribution in [3.63, 3.8) is 0 Å². The van der Waals surface area contributed by atoms with Crippen molar-refractivity contribution in [3.8, 4) is 5.75 Å². The average Bonchev–Trinajstić information content (AvgIpc) is 3.02. The van der Waals surface area contributed by atoms with Crippen LogP contribution in [-0.4, -0.2) is 29.7 Å². The molecular formula is C17H14Cl2FN3O3. The number of imidazole rings is 1. The van der Waals surface area contributed by atoms with Crippen LogP contribution in [0.3, 0.4) is 0 Å². The number of nitrogens with zero attached hydrogens (tertiary/aromatic N) is 1. The minimum absolute atomic E-state index is 0.00389. The molecule has 0 aliphatic carbocycles. The zero-order valence-corrected chi connectivity index (χ0v) is 15.3. The van der Waals surface area contributed by atoms with Crippen molar-refractivity contribution in [2.75, 3.05) is 19.0 Å². The van der Waals surface area contributed by atoms with Crippen LogP contribution in [-0.2, 0) is 4.74 Å². The van der Waals surface area contributed by atoms with Gasteiger partial charge in [-0.25, -0.2) is 14.2 Å². The molecule has 0 bridgehead atoms. The Labute approximate surface area is 158 Å². The highest BCUT2D eigenvalue weighted by atomic mass is 35.5. The Morgan fingerprint density at radius 3 is 2.73 bits per heavy atom. The van der Waals surface area contributed by atoms with Gasteiger partial charge in [-0.3, -0.25) is 0 Å². The van der Waals surface area contributed by atoms with Gasteiger partial charge in [0.05, 0.1) is 40.5 Å². The summed E-state index contributed by atoms with van der Waals surface area (Å²) in [6.45, 7) is 1.95. The van der Waals surface area contributed by atoms with E-state index in [9.17, 15) is 9.18 Å². The van der Waals surface area contributed by atoms with Crippen LogP contribution in [0, 0.1) is 5.82 Å². The standard InChI is InChI=1S/C17H14Cl2FN3O3/c1-3-26-16(24)8-6-11-12(7-13(8)25-2)22-17(21-11)23-15-10(19)5-4-9(18)14(15)20/h4-7H,3H2,1-2H3,(H2,21,22,23). The van der Waals surface area contributed by atoms with E-state index >= 15 is 0 Å². The number of nitrogens with one attached hydrogen (secondary N) is 2. The van der Waals surface area contributed by atoms with Gasteiger partial charge in [0.15, 0.2) is 5.82 Å². The summed E-state index contributed by atoms with van der Waals surface area (Å²) < 4.78 is 24.4. The Morgan fingerprint density at radius 1 is 1.31 bits per heavy atom. The molecule has 0 unspecified atom stereocenters. The topological polar surface area (TPSA) is 76.2 Å². The number of methoxy groups -OCH3 is 1. The fraction of sp³-hybridized carbons (Fsp3) is 0.176. The van der Waals surface area contributed by atoms with Crippen LogP contribution in [0.25, 0.3) is 11.0 Å². The molecule has 6 nitrogen and oxygen atoms in total. The van der Waals surface area contributed by atoms with Crippen molar-refractivity contribution >= 4 is 51.8 Å². The number of rotatable bonds is 5. The second-order valence-electron chi connectivity index (χ2n) is 5.22. The predicted molar refractivity (Wildman–Crippen MR) is 98.3 cm³/mol. The second kappa shape index (κ2) is 7.39. The first-order chi connectivity index (χ1) is 12.4. The molecule has 0 aliphatic heterocycles. The third-order valence-corrected chi connectivity index (χ3v) is 4.19. The van der Waals surface area contributed by atoms with Crippen molar-refractivity contribution in [1.29, 1.82) is 0 Å². The van der Waals surface area contributed by atoms with Crippen molar-refractivity contribution in [1.82, 2.24) is 9.97 Å². The lowest BCUT2D eigenvalue weighted by molar-refractivity contribution is 0.0523. The molecule has 0 saturated heterocycles. The number of carbonyl (C=O) groups excluding carboxylic acids is 1. The first-order valence-corrected chi connectivity index (χ1v) is 8.35. The maximum Gasteiger partial charge on any atom is 0.341 e. The number of fused-ring (bicyclic) bond motifs is 1. The van der Waals surface area contributed by atoms with E-state index in [4.69, 9.17) is 32.7 Å². The molecular weight excluding hydrogens is 384 g/mol. The summed E-state index contributed by atoms with van der Waals surface area (Å²) in [6.07, 6.45) is 0. The normalized spacial score (nSPS) is 10.8. The van der Waals surface area contributed by atoms with Gasteiger partial charge in [0.2, 0.25) is 5.95 Å². The number of ether oxygens (including phenoxy) is 2. The SMILES string of the molecule is CCOC(=O)c1cc2nc(Nc3c(Cl)ccc(Cl)c3F)[nH]c2cc1OC. The minimum Gasteiger partial charge on any atom is -0.496 e. The molecule has 3 rings (SSSR count). The Kier molecular flexibility index (Phi) is 5.20. The van der Waals surface area contributed by atoms with Gasteiger partial charge in [0.25, 0.3) is 0 Å². The van der Waals surface area contributed by atoms with Crippen LogP contribution in [0.15, 0.2) is 24.3 Å². The van der Waals surface area contributed by atoms with E-state index in [1.54, 1.807) is 13.0 Å². The van der Waals surface area contributed by atoms with Crippen LogP contribution < -0.4 is 10.1 Å². The fourth-order valence-electron chi connectivity index (χ4n) is 2.39. The Morgan fingerprint density at radius 2 is 2.04 bits per heavy atom. The molecule has 1 heterocycles. The third-order valence-electron chi connectivity index (χ3n) is 3.59. The molecule has 3 aromatic rings. The number of H-pyrrole nitrogens is 1. The molecule has 0 radical (unpaired) electrons. The number of esters is 1. The third kappa shape index (κ3) is 3.40. The molecule has 0 fully saturated rings. The lowest BCUT2D eigenvalue weighted by Crippen LogP contribution is -2.06. The molecule has 2 N–H and O–H groups in total. The molecule has 0 saturated carbocycles. The molecule has 0 aliphatic rings. The monoisotopic (exact) mass is 397 g/mol. The summed E-state index contributed by atoms with van der Waals surface area (Å²) in [6, 6.07) is 5.97. The predicted octanol–water partition coefficient (Wildman–Crippen LogP) is 4.94. The summed E-state index contributed by atoms with van der Waals surface area (Å²) in [7, 11) is 1.44. The average molecular weight is 398 g/mol. The quantitative estimate of drug-likeness (QED) is 0.471. The van der Waals surface area contributed by atoms with Crippen molar-refractivity contribution in [2.24, 2.45) is 0 Å². The van der Waals surface area contributed by atoms with Crippen molar-refractivity contribution in [2.45, 2.75) is 6.92 Å². The maximum absolute atomic E-state index is 14.2. The van der Waals surface area contributed by atoms with Gasteiger partial charge in [-0.2, -0.15) is 0 Å². The summed E-state index contributed by atoms with van der Waals surface area (Å²) in [5.74, 6) is -0.652. The number of aromatic amines is 1. The molecule has 0 amide bonds. The van der Waals surface area contributed by atoms with Gasteiger partial charge in [-0.1, -0.05) is 23.2 Å². The van der Waals surface area contributed by atoms with Gasteiger partial charge in [-0.05, 0) is 25.1 Å². The molecule has 26 heavy (non-hydrogen) atoms. The molecule has 2 aromatic carbocycles. The summed E-state index contributed by atoms with van der Waals surface area (Å²) >= 11 is 11.8. The number of aromatic nitrogens is 2. The van der Waals surface area contributed by atoms with Crippen LogP contribution >= 0.6 is 23.2 Å². The highest BCUT2D eigenvalue weighted by molar-refractivity contribution is 6.35. The fourth-order valence-corrected chi connectivity index (χ4v) is 2.74. The van der Waals surface area contributed by atoms with Crippen LogP contribution in [0.4, 0.5) is 16.0 Å². The summed E-state index contributed by atoms with van der Waals surface area (Å²) in [4.78, 5) is 19.3. The van der Waals surface area contributed by atoms with Crippen LogP contribution in [0.1, 0.15) is 17.3 Å². The van der Waals surface area contributed by atoms with Gasteiger partial charge < -0.3 is 19.8 Å². The Bertz CT molecular complexity index is 991. The van der Waals surface area contributed by atoms with E-state index in [0.717, 1.165) is 0 Å². The zero-order chi connectivity index (χ0) is 18.8. The van der Waals surface area contributed by atoms with E-state index in [-0.39, 0.29) is 33.9 Å². The maximum atomic E-state index is 14.2. The highest BCUT2D eigenvalue weighted by Gasteiger charge is 2.18. The molecule has 1 aromatic heterocycles. The molecule has 9 heteroatoms. The smallest absolute Gasteiger partial charge is 0.341 e. The summed E-state index contributed by atoms with van der Waals surface area (Å²) in [5, 5.41) is 2.85. The largest absolute Gasteiger partial charge is 0.496 e. The number of hydrogen-bond donors (Lipinski definition) is 2. The minimum atomic E-state index is -0.690.